The maximum atomic E-state index is 10.7. The Morgan fingerprint density at radius 1 is 1.32 bits per heavy atom. The standard InChI is InChI=1S/C13H14N2O4/c1-2-11-14-15-12(19-11)8-18-10-6-4-3-5-9(10)7-13(16)17/h3-6H,2,7-8H2,1H3,(H,16,17). The number of carbonyl (C=O) groups is 1. The fraction of sp³-hybridized carbons (Fsp3) is 0.308. The Morgan fingerprint density at radius 2 is 2.05 bits per heavy atom. The second-order valence-corrected chi connectivity index (χ2v) is 3.91. The fourth-order valence-corrected chi connectivity index (χ4v) is 1.58. The van der Waals surface area contributed by atoms with E-state index in [2.05, 4.69) is 10.2 Å². The van der Waals surface area contributed by atoms with Crippen LogP contribution < -0.4 is 4.74 Å². The lowest BCUT2D eigenvalue weighted by Gasteiger charge is -2.07. The number of hydrogen-bond acceptors (Lipinski definition) is 5. The van der Waals surface area contributed by atoms with Crippen molar-refractivity contribution >= 4 is 5.97 Å². The highest BCUT2D eigenvalue weighted by Gasteiger charge is 2.09. The third-order valence-corrected chi connectivity index (χ3v) is 2.48. The van der Waals surface area contributed by atoms with Crippen molar-refractivity contribution in [2.24, 2.45) is 0 Å². The molecule has 0 saturated carbocycles. The Labute approximate surface area is 110 Å². The van der Waals surface area contributed by atoms with E-state index in [0.717, 1.165) is 0 Å². The van der Waals surface area contributed by atoms with Gasteiger partial charge in [-0.15, -0.1) is 10.2 Å². The number of benzene rings is 1. The molecule has 0 aliphatic heterocycles. The first-order valence-electron chi connectivity index (χ1n) is 5.92. The van der Waals surface area contributed by atoms with Gasteiger partial charge in [-0.3, -0.25) is 4.79 Å². The van der Waals surface area contributed by atoms with Crippen LogP contribution in [0.2, 0.25) is 0 Å². The van der Waals surface area contributed by atoms with Gasteiger partial charge in [0, 0.05) is 12.0 Å². The molecule has 1 N–H and O–H groups in total. The molecule has 0 saturated heterocycles. The summed E-state index contributed by atoms with van der Waals surface area (Å²) in [7, 11) is 0. The smallest absolute Gasteiger partial charge is 0.307 e. The van der Waals surface area contributed by atoms with Crippen LogP contribution in [0, 0.1) is 0 Å². The number of rotatable bonds is 6. The number of para-hydroxylation sites is 1. The fourth-order valence-electron chi connectivity index (χ4n) is 1.58. The van der Waals surface area contributed by atoms with Gasteiger partial charge in [0.2, 0.25) is 5.89 Å². The molecule has 2 rings (SSSR count). The monoisotopic (exact) mass is 262 g/mol. The molecule has 19 heavy (non-hydrogen) atoms. The largest absolute Gasteiger partial charge is 0.484 e. The quantitative estimate of drug-likeness (QED) is 0.854. The molecule has 6 nitrogen and oxygen atoms in total. The van der Waals surface area contributed by atoms with Crippen LogP contribution in [0.15, 0.2) is 28.7 Å². The number of carboxylic acid groups (broad SMARTS) is 1. The van der Waals surface area contributed by atoms with Gasteiger partial charge in [0.1, 0.15) is 5.75 Å². The highest BCUT2D eigenvalue weighted by molar-refractivity contribution is 5.71. The Balaban J connectivity index is 2.04. The number of aliphatic carboxylic acids is 1. The van der Waals surface area contributed by atoms with Crippen molar-refractivity contribution in [2.45, 2.75) is 26.4 Å². The van der Waals surface area contributed by atoms with Gasteiger partial charge in [-0.05, 0) is 6.07 Å². The molecule has 2 aromatic rings. The topological polar surface area (TPSA) is 85.5 Å². The van der Waals surface area contributed by atoms with Crippen LogP contribution in [0.25, 0.3) is 0 Å². The molecule has 100 valence electrons. The molecule has 1 aromatic carbocycles. The lowest BCUT2D eigenvalue weighted by molar-refractivity contribution is -0.136. The minimum atomic E-state index is -0.901. The van der Waals surface area contributed by atoms with E-state index < -0.39 is 5.97 Å². The van der Waals surface area contributed by atoms with Crippen LogP contribution in [0.5, 0.6) is 5.75 Å². The van der Waals surface area contributed by atoms with Crippen LogP contribution in [0.4, 0.5) is 0 Å². The number of ether oxygens (including phenoxy) is 1. The van der Waals surface area contributed by atoms with E-state index in [-0.39, 0.29) is 13.0 Å². The lowest BCUT2D eigenvalue weighted by Crippen LogP contribution is -2.04. The summed E-state index contributed by atoms with van der Waals surface area (Å²) in [5.41, 5.74) is 0.616. The molecule has 0 aliphatic rings. The van der Waals surface area contributed by atoms with Gasteiger partial charge >= 0.3 is 5.97 Å². The zero-order valence-corrected chi connectivity index (χ0v) is 10.5. The van der Waals surface area contributed by atoms with Crippen LogP contribution in [-0.2, 0) is 24.2 Å². The summed E-state index contributed by atoms with van der Waals surface area (Å²) in [6, 6.07) is 6.99. The number of hydrogen-bond donors (Lipinski definition) is 1. The molecule has 0 atom stereocenters. The number of aromatic nitrogens is 2. The highest BCUT2D eigenvalue weighted by Crippen LogP contribution is 2.19. The normalized spacial score (nSPS) is 10.4. The van der Waals surface area contributed by atoms with Gasteiger partial charge in [-0.2, -0.15) is 0 Å². The van der Waals surface area contributed by atoms with Crippen molar-refractivity contribution < 1.29 is 19.1 Å². The highest BCUT2D eigenvalue weighted by atomic mass is 16.5. The van der Waals surface area contributed by atoms with Crippen molar-refractivity contribution in [3.63, 3.8) is 0 Å². The maximum Gasteiger partial charge on any atom is 0.307 e. The van der Waals surface area contributed by atoms with Gasteiger partial charge in [0.05, 0.1) is 6.42 Å². The van der Waals surface area contributed by atoms with Crippen LogP contribution in [0.3, 0.4) is 0 Å². The molecular weight excluding hydrogens is 248 g/mol. The van der Waals surface area contributed by atoms with Gasteiger partial charge < -0.3 is 14.3 Å². The zero-order valence-electron chi connectivity index (χ0n) is 10.5. The molecule has 0 unspecified atom stereocenters. The number of carboxylic acids is 1. The van der Waals surface area contributed by atoms with Gasteiger partial charge in [-0.25, -0.2) is 0 Å². The van der Waals surface area contributed by atoms with E-state index in [1.807, 2.05) is 6.92 Å². The molecule has 0 spiro atoms. The third kappa shape index (κ3) is 3.54. The lowest BCUT2D eigenvalue weighted by atomic mass is 10.1. The Hall–Kier alpha value is -2.37. The molecule has 1 heterocycles. The van der Waals surface area contributed by atoms with E-state index in [0.29, 0.717) is 29.5 Å². The minimum absolute atomic E-state index is 0.0831. The first kappa shape index (κ1) is 13.1. The van der Waals surface area contributed by atoms with E-state index in [1.165, 1.54) is 0 Å². The maximum absolute atomic E-state index is 10.7. The van der Waals surface area contributed by atoms with Crippen LogP contribution in [-0.4, -0.2) is 21.3 Å². The summed E-state index contributed by atoms with van der Waals surface area (Å²) in [4.78, 5) is 10.7. The van der Waals surface area contributed by atoms with E-state index in [9.17, 15) is 4.79 Å². The molecule has 0 aliphatic carbocycles. The van der Waals surface area contributed by atoms with Crippen molar-refractivity contribution in [2.75, 3.05) is 0 Å². The van der Waals surface area contributed by atoms with Crippen molar-refractivity contribution in [1.29, 1.82) is 0 Å². The van der Waals surface area contributed by atoms with Crippen molar-refractivity contribution in [3.8, 4) is 5.75 Å². The second kappa shape index (κ2) is 5.99. The summed E-state index contributed by atoms with van der Waals surface area (Å²) in [5.74, 6) is 0.544. The summed E-state index contributed by atoms with van der Waals surface area (Å²) in [5, 5.41) is 16.5. The molecule has 1 aromatic heterocycles. The first-order valence-corrected chi connectivity index (χ1v) is 5.92. The predicted molar refractivity (Wildman–Crippen MR) is 65.8 cm³/mol. The van der Waals surface area contributed by atoms with E-state index >= 15 is 0 Å². The van der Waals surface area contributed by atoms with Crippen LogP contribution >= 0.6 is 0 Å². The van der Waals surface area contributed by atoms with Crippen molar-refractivity contribution in [3.05, 3.63) is 41.6 Å². The average molecular weight is 262 g/mol. The minimum Gasteiger partial charge on any atom is -0.484 e. The van der Waals surface area contributed by atoms with E-state index in [4.69, 9.17) is 14.3 Å². The van der Waals surface area contributed by atoms with Crippen molar-refractivity contribution in [1.82, 2.24) is 10.2 Å². The Kier molecular flexibility index (Phi) is 4.12. The molecule has 0 bridgehead atoms. The first-order chi connectivity index (χ1) is 9.19. The third-order valence-electron chi connectivity index (χ3n) is 2.48. The molecule has 0 amide bonds. The summed E-state index contributed by atoms with van der Waals surface area (Å²) < 4.78 is 10.8. The summed E-state index contributed by atoms with van der Waals surface area (Å²) >= 11 is 0. The van der Waals surface area contributed by atoms with E-state index in [1.54, 1.807) is 24.3 Å². The summed E-state index contributed by atoms with van der Waals surface area (Å²) in [6.07, 6.45) is 0.586. The second-order valence-electron chi connectivity index (χ2n) is 3.91. The molecular formula is C13H14N2O4. The number of nitrogens with zero attached hydrogens (tertiary/aromatic N) is 2. The van der Waals surface area contributed by atoms with Gasteiger partial charge in [0.25, 0.3) is 5.89 Å². The molecule has 6 heteroatoms. The SMILES string of the molecule is CCc1nnc(COc2ccccc2CC(=O)O)o1. The van der Waals surface area contributed by atoms with Gasteiger partial charge in [0.15, 0.2) is 6.61 Å². The predicted octanol–water partition coefficient (Wildman–Crippen LogP) is 1.84. The zero-order chi connectivity index (χ0) is 13.7. The molecule has 0 fully saturated rings. The molecule has 0 radical (unpaired) electrons. The number of aryl methyl sites for hydroxylation is 1. The summed E-state index contributed by atoms with van der Waals surface area (Å²) in [6.45, 7) is 2.05. The van der Waals surface area contributed by atoms with Gasteiger partial charge in [-0.1, -0.05) is 25.1 Å². The Morgan fingerprint density at radius 3 is 2.74 bits per heavy atom. The average Bonchev–Trinajstić information content (AvgIpc) is 2.85. The van der Waals surface area contributed by atoms with Crippen LogP contribution in [0.1, 0.15) is 24.3 Å². The Bertz CT molecular complexity index is 565.